The number of carbonyl (C=O) groups is 1. The van der Waals surface area contributed by atoms with Crippen LogP contribution in [0, 0.1) is 11.8 Å². The summed E-state index contributed by atoms with van der Waals surface area (Å²) in [5.41, 5.74) is 4.13. The Hall–Kier alpha value is -2.99. The highest BCUT2D eigenvalue weighted by Crippen LogP contribution is 2.37. The van der Waals surface area contributed by atoms with Gasteiger partial charge in [-0.15, -0.1) is 0 Å². The van der Waals surface area contributed by atoms with Crippen molar-refractivity contribution in [1.29, 1.82) is 0 Å². The number of carbonyl (C=O) groups excluding carboxylic acids is 1. The van der Waals surface area contributed by atoms with Crippen molar-refractivity contribution in [3.8, 4) is 5.75 Å². The molecule has 0 radical (unpaired) electrons. The maximum Gasteiger partial charge on any atom is 0.231 e. The molecule has 2 aromatic rings. The van der Waals surface area contributed by atoms with Crippen molar-refractivity contribution in [2.45, 2.75) is 69.7 Å². The fraction of sp³-hybridized carbons (Fsp3) is 0.545. The minimum atomic E-state index is -0.347. The Kier molecular flexibility index (Phi) is 8.38. The molecule has 6 nitrogen and oxygen atoms in total. The van der Waals surface area contributed by atoms with Gasteiger partial charge in [0.05, 0.1) is 6.61 Å². The number of nitrogens with zero attached hydrogens (tertiary/aromatic N) is 1. The van der Waals surface area contributed by atoms with Crippen LogP contribution < -0.4 is 10.1 Å². The van der Waals surface area contributed by atoms with Crippen LogP contribution in [0.25, 0.3) is 0 Å². The van der Waals surface area contributed by atoms with Gasteiger partial charge in [-0.1, -0.05) is 42.5 Å². The number of amides is 1. The third-order valence-electron chi connectivity index (χ3n) is 9.29. The fourth-order valence-corrected chi connectivity index (χ4v) is 6.97. The molecule has 3 heterocycles. The van der Waals surface area contributed by atoms with Crippen LogP contribution in [0.5, 0.6) is 5.75 Å². The number of likely N-dealkylation sites (tertiary alicyclic amines) is 1. The number of nitrogens with one attached hydrogen (secondary N) is 1. The molecule has 0 bridgehead atoms. The van der Waals surface area contributed by atoms with Crippen molar-refractivity contribution < 1.29 is 19.0 Å². The van der Waals surface area contributed by atoms with Gasteiger partial charge >= 0.3 is 0 Å². The van der Waals surface area contributed by atoms with E-state index in [-0.39, 0.29) is 24.7 Å². The first kappa shape index (κ1) is 26.2. The highest BCUT2D eigenvalue weighted by atomic mass is 16.7. The summed E-state index contributed by atoms with van der Waals surface area (Å²) in [4.78, 5) is 16.0. The molecule has 0 aromatic heterocycles. The number of piperidine rings is 1. The summed E-state index contributed by atoms with van der Waals surface area (Å²) in [6.07, 6.45) is 11.6. The highest BCUT2D eigenvalue weighted by molar-refractivity contribution is 5.81. The topological polar surface area (TPSA) is 60.0 Å². The third kappa shape index (κ3) is 6.43. The van der Waals surface area contributed by atoms with Gasteiger partial charge in [0, 0.05) is 18.0 Å². The molecule has 6 heteroatoms. The molecule has 1 aliphatic carbocycles. The Morgan fingerprint density at radius 1 is 0.949 bits per heavy atom. The lowest BCUT2D eigenvalue weighted by Crippen LogP contribution is -2.42. The van der Waals surface area contributed by atoms with E-state index in [9.17, 15) is 4.79 Å². The van der Waals surface area contributed by atoms with Crippen molar-refractivity contribution in [1.82, 2.24) is 10.2 Å². The van der Waals surface area contributed by atoms with Gasteiger partial charge in [0.15, 0.2) is 0 Å². The molecule has 208 valence electrons. The second-order valence-electron chi connectivity index (χ2n) is 11.7. The average Bonchev–Trinajstić information content (AvgIpc) is 3.69. The molecular weight excluding hydrogens is 488 g/mol. The summed E-state index contributed by atoms with van der Waals surface area (Å²) < 4.78 is 16.7. The monoisotopic (exact) mass is 530 g/mol. The van der Waals surface area contributed by atoms with Gasteiger partial charge in [0.25, 0.3) is 0 Å². The Balaban J connectivity index is 0.930. The summed E-state index contributed by atoms with van der Waals surface area (Å²) in [5, 5.41) is 3.35. The number of fused-ring (bicyclic) bond motifs is 1. The molecule has 2 fully saturated rings. The van der Waals surface area contributed by atoms with E-state index in [1.54, 1.807) is 11.8 Å². The van der Waals surface area contributed by atoms with Crippen LogP contribution in [0.15, 0.2) is 60.6 Å². The number of hydrogen-bond acceptors (Lipinski definition) is 5. The van der Waals surface area contributed by atoms with E-state index >= 15 is 0 Å². The fourth-order valence-electron chi connectivity index (χ4n) is 6.97. The zero-order valence-electron chi connectivity index (χ0n) is 23.0. The van der Waals surface area contributed by atoms with E-state index < -0.39 is 0 Å². The molecule has 1 N–H and O–H groups in total. The normalized spacial score (nSPS) is 24.2. The van der Waals surface area contributed by atoms with Crippen LogP contribution in [0.4, 0.5) is 0 Å². The molecule has 1 saturated heterocycles. The standard InChI is InChI=1S/C33H42N2O4/c36-33(30(32-22-37-23-39-32)21-25-5-2-1-3-6-25)34-27-11-9-24(10-12-27)13-17-35-18-14-26(15-19-35)28-7-4-8-31-29(28)16-20-38-31/h1-8,22,24,26-27,30H,9-21,23H2,(H,34,36). The predicted molar refractivity (Wildman–Crippen MR) is 151 cm³/mol. The second kappa shape index (κ2) is 12.5. The summed E-state index contributed by atoms with van der Waals surface area (Å²) in [6.45, 7) is 4.64. The lowest BCUT2D eigenvalue weighted by Gasteiger charge is -2.35. The second-order valence-corrected chi connectivity index (χ2v) is 11.7. The van der Waals surface area contributed by atoms with E-state index in [1.807, 2.05) is 18.2 Å². The van der Waals surface area contributed by atoms with Gasteiger partial charge in [0.2, 0.25) is 12.7 Å². The highest BCUT2D eigenvalue weighted by Gasteiger charge is 2.31. The molecular formula is C33H42N2O4. The van der Waals surface area contributed by atoms with Gasteiger partial charge in [-0.2, -0.15) is 0 Å². The van der Waals surface area contributed by atoms with E-state index in [2.05, 4.69) is 40.5 Å². The van der Waals surface area contributed by atoms with Crippen molar-refractivity contribution >= 4 is 5.91 Å². The average molecular weight is 531 g/mol. The van der Waals surface area contributed by atoms with Crippen molar-refractivity contribution in [3.63, 3.8) is 0 Å². The zero-order valence-corrected chi connectivity index (χ0v) is 23.0. The van der Waals surface area contributed by atoms with Crippen LogP contribution in [-0.2, 0) is 27.1 Å². The predicted octanol–water partition coefficient (Wildman–Crippen LogP) is 5.57. The molecule has 39 heavy (non-hydrogen) atoms. The van der Waals surface area contributed by atoms with Crippen LogP contribution in [-0.4, -0.2) is 49.9 Å². The van der Waals surface area contributed by atoms with Gasteiger partial charge in [-0.3, -0.25) is 4.79 Å². The first-order valence-electron chi connectivity index (χ1n) is 15.0. The molecule has 3 aliphatic heterocycles. The maximum atomic E-state index is 13.3. The van der Waals surface area contributed by atoms with Crippen molar-refractivity contribution in [3.05, 3.63) is 77.2 Å². The smallest absolute Gasteiger partial charge is 0.231 e. The first-order valence-corrected chi connectivity index (χ1v) is 15.0. The van der Waals surface area contributed by atoms with Gasteiger partial charge in [-0.25, -0.2) is 0 Å². The molecule has 1 saturated carbocycles. The van der Waals surface area contributed by atoms with Crippen molar-refractivity contribution in [2.75, 3.05) is 33.0 Å². The zero-order chi connectivity index (χ0) is 26.4. The molecule has 2 aromatic carbocycles. The van der Waals surface area contributed by atoms with Gasteiger partial charge in [-0.05, 0) is 100 Å². The SMILES string of the molecule is O=C(NC1CCC(CCN2CCC(c3cccc4c3CCO4)CC2)CC1)C(Cc1ccccc1)C1=COCO1. The minimum Gasteiger partial charge on any atom is -0.493 e. The molecule has 4 aliphatic rings. The van der Waals surface area contributed by atoms with Crippen LogP contribution in [0.1, 0.15) is 67.6 Å². The van der Waals surface area contributed by atoms with E-state index in [1.165, 1.54) is 57.3 Å². The summed E-state index contributed by atoms with van der Waals surface area (Å²) in [6, 6.07) is 17.0. The summed E-state index contributed by atoms with van der Waals surface area (Å²) in [7, 11) is 0. The summed E-state index contributed by atoms with van der Waals surface area (Å²) in [5.74, 6) is 2.90. The van der Waals surface area contributed by atoms with Crippen LogP contribution in [0.3, 0.4) is 0 Å². The molecule has 1 unspecified atom stereocenters. The first-order chi connectivity index (χ1) is 19.2. The molecule has 0 spiro atoms. The number of ether oxygens (including phenoxy) is 3. The maximum absolute atomic E-state index is 13.3. The van der Waals surface area contributed by atoms with Gasteiger partial charge in [0.1, 0.15) is 23.7 Å². The molecule has 6 rings (SSSR count). The molecule has 1 amide bonds. The van der Waals surface area contributed by atoms with Gasteiger partial charge < -0.3 is 24.4 Å². The lowest BCUT2D eigenvalue weighted by atomic mass is 9.83. The number of rotatable bonds is 9. The van der Waals surface area contributed by atoms with E-state index in [4.69, 9.17) is 14.2 Å². The van der Waals surface area contributed by atoms with E-state index in [0.717, 1.165) is 43.1 Å². The van der Waals surface area contributed by atoms with Crippen LogP contribution >= 0.6 is 0 Å². The Morgan fingerprint density at radius 2 is 1.77 bits per heavy atom. The Labute approximate surface area is 232 Å². The van der Waals surface area contributed by atoms with E-state index in [0.29, 0.717) is 18.1 Å². The minimum absolute atomic E-state index is 0.0533. The van der Waals surface area contributed by atoms with Crippen molar-refractivity contribution in [2.24, 2.45) is 11.8 Å². The quantitative estimate of drug-likeness (QED) is 0.459. The summed E-state index contributed by atoms with van der Waals surface area (Å²) >= 11 is 0. The number of hydrogen-bond donors (Lipinski definition) is 1. The Bertz CT molecular complexity index is 1130. The third-order valence-corrected chi connectivity index (χ3v) is 9.29. The van der Waals surface area contributed by atoms with Crippen LogP contribution in [0.2, 0.25) is 0 Å². The Morgan fingerprint density at radius 3 is 2.54 bits per heavy atom. The molecule has 1 atom stereocenters. The lowest BCUT2D eigenvalue weighted by molar-refractivity contribution is -0.126. The largest absolute Gasteiger partial charge is 0.493 e. The number of benzene rings is 2.